The maximum Gasteiger partial charge on any atom is 0.416 e. The topological polar surface area (TPSA) is 121 Å². The molecule has 9 nitrogen and oxygen atoms in total. The van der Waals surface area contributed by atoms with E-state index in [1.807, 2.05) is 0 Å². The number of amides is 2. The summed E-state index contributed by atoms with van der Waals surface area (Å²) in [7, 11) is 1.58. The third-order valence-corrected chi connectivity index (χ3v) is 16.2. The molecule has 13 heteroatoms. The SMILES string of the molecule is COc1ccc(NC(=O)N(CC2CCCO2)CC2(O)CCC3C45C=CC6(C=C4C(=O)c4ccc(-c7cc(C(F)(F)F)ccc7Cl)o4)CC(O)CCC6(C)C5CCC32C)cc1. The van der Waals surface area contributed by atoms with E-state index in [0.717, 1.165) is 31.4 Å². The van der Waals surface area contributed by atoms with Crippen LogP contribution < -0.4 is 10.1 Å². The van der Waals surface area contributed by atoms with E-state index >= 15 is 4.79 Å². The Balaban J connectivity index is 1.08. The minimum Gasteiger partial charge on any atom is -0.497 e. The Morgan fingerprint density at radius 2 is 1.70 bits per heavy atom. The number of Topliss-reactive ketones (excluding diaryl/α,β-unsaturated/α-hetero) is 1. The zero-order valence-electron chi connectivity index (χ0n) is 34.1. The van der Waals surface area contributed by atoms with Gasteiger partial charge in [-0.05, 0) is 130 Å². The summed E-state index contributed by atoms with van der Waals surface area (Å²) in [5.74, 6) is 0.0717. The van der Waals surface area contributed by atoms with Crippen LogP contribution in [0.3, 0.4) is 0 Å². The number of furan rings is 1. The highest BCUT2D eigenvalue weighted by Gasteiger charge is 2.74. The minimum absolute atomic E-state index is 0.0134. The summed E-state index contributed by atoms with van der Waals surface area (Å²) in [6.45, 7) is 5.38. The Kier molecular flexibility index (Phi) is 9.97. The average molecular weight is 849 g/mol. The number of fused-ring (bicyclic) bond motifs is 1. The largest absolute Gasteiger partial charge is 0.497 e. The molecular formula is C47H52ClF3N2O7. The smallest absolute Gasteiger partial charge is 0.416 e. The van der Waals surface area contributed by atoms with E-state index in [0.29, 0.717) is 68.7 Å². The molecule has 2 heterocycles. The lowest BCUT2D eigenvalue weighted by molar-refractivity contribution is -0.175. The quantitative estimate of drug-likeness (QED) is 0.145. The highest BCUT2D eigenvalue weighted by molar-refractivity contribution is 6.33. The van der Waals surface area contributed by atoms with Crippen molar-refractivity contribution in [1.29, 1.82) is 0 Å². The average Bonchev–Trinajstić information content (AvgIpc) is 3.98. The monoisotopic (exact) mass is 848 g/mol. The summed E-state index contributed by atoms with van der Waals surface area (Å²) in [6, 6.07) is 12.7. The van der Waals surface area contributed by atoms with Crippen molar-refractivity contribution < 1.29 is 46.9 Å². The maximum atomic E-state index is 15.2. The second kappa shape index (κ2) is 14.5. The van der Waals surface area contributed by atoms with Crippen LogP contribution in [-0.4, -0.2) is 71.5 Å². The van der Waals surface area contributed by atoms with Gasteiger partial charge in [0.05, 0.1) is 42.0 Å². The number of hydrogen-bond donors (Lipinski definition) is 3. The molecule has 10 rings (SSSR count). The predicted molar refractivity (Wildman–Crippen MR) is 220 cm³/mol. The number of ketones is 1. The molecule has 9 unspecified atom stereocenters. The number of allylic oxidation sites excluding steroid dienone is 4. The molecule has 1 aromatic heterocycles. The van der Waals surface area contributed by atoms with Gasteiger partial charge < -0.3 is 34.3 Å². The van der Waals surface area contributed by atoms with E-state index < -0.39 is 39.7 Å². The fourth-order valence-corrected chi connectivity index (χ4v) is 12.9. The van der Waals surface area contributed by atoms with Gasteiger partial charge in [0.25, 0.3) is 0 Å². The number of carbonyl (C=O) groups is 2. The van der Waals surface area contributed by atoms with Crippen LogP contribution in [0, 0.1) is 33.5 Å². The van der Waals surface area contributed by atoms with Crippen molar-refractivity contribution in [2.75, 3.05) is 32.1 Å². The Morgan fingerprint density at radius 3 is 2.42 bits per heavy atom. The molecule has 2 bridgehead atoms. The molecule has 9 atom stereocenters. The first kappa shape index (κ1) is 41.3. The van der Waals surface area contributed by atoms with Crippen molar-refractivity contribution in [3.8, 4) is 17.1 Å². The number of alkyl halides is 3. The van der Waals surface area contributed by atoms with Crippen LogP contribution in [0.2, 0.25) is 5.02 Å². The summed E-state index contributed by atoms with van der Waals surface area (Å²) in [4.78, 5) is 31.0. The Morgan fingerprint density at radius 1 is 0.967 bits per heavy atom. The van der Waals surface area contributed by atoms with E-state index in [1.165, 1.54) is 18.2 Å². The standard InChI is InChI=1S/C47H52ClF3N2O7/c1-42-17-14-30(54)24-44(42)20-21-46(34(25-44)40(55)37-13-12-36(60-37)33-23-28(47(49,50)51)6-11-35(33)48)38(42)15-18-43(2)39(46)16-19-45(43,57)27-53(26-32-5-4-22-59-32)41(56)52-29-7-9-31(58-3)10-8-29/h6-13,20-21,23,25,30,32,38-39,54,57H,4-5,14-19,22,24,26-27H2,1-3H3,(H,52,56). The fourth-order valence-electron chi connectivity index (χ4n) is 12.7. The van der Waals surface area contributed by atoms with E-state index in [1.54, 1.807) is 36.3 Å². The molecule has 60 heavy (non-hydrogen) atoms. The van der Waals surface area contributed by atoms with Gasteiger partial charge in [0.1, 0.15) is 11.5 Å². The lowest BCUT2D eigenvalue weighted by atomic mass is 9.32. The number of nitrogens with one attached hydrogen (secondary N) is 1. The Labute approximate surface area is 352 Å². The Hall–Kier alpha value is -4.10. The second-order valence-electron chi connectivity index (χ2n) is 18.7. The molecule has 2 spiro atoms. The number of anilines is 1. The van der Waals surface area contributed by atoms with E-state index in [2.05, 4.69) is 37.4 Å². The predicted octanol–water partition coefficient (Wildman–Crippen LogP) is 10.1. The third kappa shape index (κ3) is 6.29. The molecule has 320 valence electrons. The fraction of sp³-hybridized carbons (Fsp3) is 0.532. The number of aliphatic hydroxyl groups excluding tert-OH is 1. The lowest BCUT2D eigenvalue weighted by Crippen LogP contribution is -2.67. The summed E-state index contributed by atoms with van der Waals surface area (Å²) in [5, 5.41) is 27.3. The van der Waals surface area contributed by atoms with E-state index in [-0.39, 0.29) is 63.8 Å². The molecule has 4 fully saturated rings. The van der Waals surface area contributed by atoms with Crippen LogP contribution in [0.4, 0.5) is 23.7 Å². The van der Waals surface area contributed by atoms with Crippen LogP contribution in [-0.2, 0) is 10.9 Å². The van der Waals surface area contributed by atoms with Crippen LogP contribution in [0.25, 0.3) is 11.3 Å². The first-order valence-corrected chi connectivity index (χ1v) is 21.5. The molecule has 2 amide bonds. The highest BCUT2D eigenvalue weighted by atomic mass is 35.5. The van der Waals surface area contributed by atoms with Crippen molar-refractivity contribution in [2.45, 2.75) is 95.6 Å². The lowest BCUT2D eigenvalue weighted by Gasteiger charge is -2.71. The van der Waals surface area contributed by atoms with Crippen molar-refractivity contribution >= 4 is 29.1 Å². The summed E-state index contributed by atoms with van der Waals surface area (Å²) in [5.41, 5.74) is -3.55. The van der Waals surface area contributed by atoms with Gasteiger partial charge >= 0.3 is 12.2 Å². The number of urea groups is 1. The van der Waals surface area contributed by atoms with Gasteiger partial charge in [0.15, 0.2) is 5.76 Å². The zero-order chi connectivity index (χ0) is 42.5. The van der Waals surface area contributed by atoms with Gasteiger partial charge in [0, 0.05) is 46.2 Å². The van der Waals surface area contributed by atoms with Gasteiger partial charge in [-0.1, -0.05) is 43.7 Å². The number of carbonyl (C=O) groups excluding carboxylic acids is 2. The van der Waals surface area contributed by atoms with Crippen molar-refractivity contribution in [3.05, 3.63) is 94.7 Å². The molecule has 7 aliphatic rings. The summed E-state index contributed by atoms with van der Waals surface area (Å²) < 4.78 is 58.6. The van der Waals surface area contributed by atoms with Crippen LogP contribution in [0.1, 0.15) is 87.8 Å². The minimum atomic E-state index is -4.60. The number of halogens is 4. The molecule has 6 aliphatic carbocycles. The normalized spacial score (nSPS) is 35.3. The van der Waals surface area contributed by atoms with Crippen LogP contribution in [0.15, 0.2) is 82.8 Å². The molecule has 3 saturated carbocycles. The molecule has 3 aromatic rings. The summed E-state index contributed by atoms with van der Waals surface area (Å²) in [6.07, 6.45) is 7.03. The molecule has 1 aliphatic heterocycles. The van der Waals surface area contributed by atoms with Crippen molar-refractivity contribution in [2.24, 2.45) is 33.5 Å². The number of ether oxygens (including phenoxy) is 2. The Bertz CT molecular complexity index is 2250. The van der Waals surface area contributed by atoms with Gasteiger partial charge in [-0.3, -0.25) is 4.79 Å². The van der Waals surface area contributed by atoms with Crippen molar-refractivity contribution in [1.82, 2.24) is 4.90 Å². The van der Waals surface area contributed by atoms with E-state index in [9.17, 15) is 28.2 Å². The molecule has 0 radical (unpaired) electrons. The number of rotatable bonds is 9. The van der Waals surface area contributed by atoms with Gasteiger partial charge in [-0.25, -0.2) is 4.79 Å². The molecule has 3 N–H and O–H groups in total. The first-order chi connectivity index (χ1) is 28.4. The van der Waals surface area contributed by atoms with Gasteiger partial charge in [-0.2, -0.15) is 13.2 Å². The highest BCUT2D eigenvalue weighted by Crippen LogP contribution is 2.78. The maximum absolute atomic E-state index is 15.2. The number of methoxy groups -OCH3 is 1. The molecular weight excluding hydrogens is 797 g/mol. The second-order valence-corrected chi connectivity index (χ2v) is 19.1. The number of hydrogen-bond acceptors (Lipinski definition) is 7. The van der Waals surface area contributed by atoms with Gasteiger partial charge in [0.2, 0.25) is 5.78 Å². The number of aliphatic hydroxyl groups is 2. The third-order valence-electron chi connectivity index (χ3n) is 15.9. The van der Waals surface area contributed by atoms with Crippen molar-refractivity contribution in [3.63, 3.8) is 0 Å². The molecule has 2 aromatic carbocycles. The molecule has 1 saturated heterocycles. The van der Waals surface area contributed by atoms with E-state index in [4.69, 9.17) is 25.5 Å². The number of nitrogens with zero attached hydrogens (tertiary/aromatic N) is 1. The van der Waals surface area contributed by atoms with Crippen LogP contribution in [0.5, 0.6) is 5.75 Å². The van der Waals surface area contributed by atoms with Crippen LogP contribution >= 0.6 is 11.6 Å². The number of benzene rings is 2. The summed E-state index contributed by atoms with van der Waals surface area (Å²) >= 11 is 6.40. The van der Waals surface area contributed by atoms with Gasteiger partial charge in [-0.15, -0.1) is 0 Å². The first-order valence-electron chi connectivity index (χ1n) is 21.1. The zero-order valence-corrected chi connectivity index (χ0v) is 34.9.